The fraction of sp³-hybridized carbons (Fsp3) is 0.280. The molecule has 0 atom stereocenters. The standard InChI is InChI=1S/C25H27N5O/c1-28-10-12-30(13-11-28)25(31)27-16-18-4-3-5-19(14-18)20-6-7-23-22(15-20)21-8-9-26-17-24(21)29(23)2/h3-9,14-15,17H,10-13,16H2,1-2H3,(H,27,31). The van der Waals surface area contributed by atoms with Gasteiger partial charge in [0, 0.05) is 62.3 Å². The van der Waals surface area contributed by atoms with Gasteiger partial charge in [0.25, 0.3) is 0 Å². The second kappa shape index (κ2) is 8.04. The average molecular weight is 414 g/mol. The second-order valence-electron chi connectivity index (χ2n) is 8.33. The van der Waals surface area contributed by atoms with E-state index in [1.54, 1.807) is 0 Å². The summed E-state index contributed by atoms with van der Waals surface area (Å²) in [7, 11) is 4.17. The van der Waals surface area contributed by atoms with Crippen LogP contribution < -0.4 is 5.32 Å². The van der Waals surface area contributed by atoms with E-state index in [0.29, 0.717) is 6.54 Å². The van der Waals surface area contributed by atoms with Crippen LogP contribution >= 0.6 is 0 Å². The molecule has 1 fully saturated rings. The van der Waals surface area contributed by atoms with Gasteiger partial charge >= 0.3 is 6.03 Å². The summed E-state index contributed by atoms with van der Waals surface area (Å²) < 4.78 is 2.19. The molecule has 0 unspecified atom stereocenters. The number of hydrogen-bond acceptors (Lipinski definition) is 3. The smallest absolute Gasteiger partial charge is 0.317 e. The van der Waals surface area contributed by atoms with Crippen molar-refractivity contribution in [1.82, 2.24) is 24.7 Å². The van der Waals surface area contributed by atoms with Gasteiger partial charge in [0.2, 0.25) is 0 Å². The van der Waals surface area contributed by atoms with Crippen LogP contribution in [0.3, 0.4) is 0 Å². The number of nitrogens with one attached hydrogen (secondary N) is 1. The summed E-state index contributed by atoms with van der Waals surface area (Å²) in [4.78, 5) is 20.9. The van der Waals surface area contributed by atoms with Crippen LogP contribution in [0.25, 0.3) is 32.9 Å². The number of pyridine rings is 1. The summed E-state index contributed by atoms with van der Waals surface area (Å²) in [5.74, 6) is 0. The molecule has 2 amide bonds. The van der Waals surface area contributed by atoms with Crippen molar-refractivity contribution in [2.24, 2.45) is 7.05 Å². The molecule has 1 N–H and O–H groups in total. The van der Waals surface area contributed by atoms with Crippen LogP contribution in [0.2, 0.25) is 0 Å². The molecule has 5 rings (SSSR count). The Bertz CT molecular complexity index is 1250. The van der Waals surface area contributed by atoms with E-state index < -0.39 is 0 Å². The normalized spacial score (nSPS) is 15.0. The molecule has 0 aliphatic carbocycles. The van der Waals surface area contributed by atoms with Gasteiger partial charge in [-0.1, -0.05) is 24.3 Å². The molecule has 1 aliphatic heterocycles. The van der Waals surface area contributed by atoms with Crippen LogP contribution in [0, 0.1) is 0 Å². The molecular weight excluding hydrogens is 386 g/mol. The lowest BCUT2D eigenvalue weighted by Gasteiger charge is -2.32. The number of piperazine rings is 1. The van der Waals surface area contributed by atoms with Crippen molar-refractivity contribution in [3.05, 3.63) is 66.5 Å². The maximum Gasteiger partial charge on any atom is 0.317 e. The van der Waals surface area contributed by atoms with E-state index in [2.05, 4.69) is 82.4 Å². The fourth-order valence-electron chi connectivity index (χ4n) is 4.39. The Kier molecular flexibility index (Phi) is 5.08. The molecule has 158 valence electrons. The number of hydrogen-bond donors (Lipinski definition) is 1. The first-order chi connectivity index (χ1) is 15.1. The number of likely N-dealkylation sites (N-methyl/N-ethyl adjacent to an activating group) is 1. The Balaban J connectivity index is 1.37. The molecule has 4 aromatic rings. The minimum absolute atomic E-state index is 0.0179. The van der Waals surface area contributed by atoms with Crippen LogP contribution in [-0.2, 0) is 13.6 Å². The van der Waals surface area contributed by atoms with Crippen LogP contribution in [-0.4, -0.2) is 58.6 Å². The largest absolute Gasteiger partial charge is 0.342 e. The van der Waals surface area contributed by atoms with Gasteiger partial charge in [-0.05, 0) is 48.0 Å². The monoisotopic (exact) mass is 413 g/mol. The quantitative estimate of drug-likeness (QED) is 0.555. The van der Waals surface area contributed by atoms with Gasteiger partial charge in [-0.15, -0.1) is 0 Å². The molecule has 6 nitrogen and oxygen atoms in total. The van der Waals surface area contributed by atoms with Crippen LogP contribution in [0.4, 0.5) is 4.79 Å². The third-order valence-corrected chi connectivity index (χ3v) is 6.30. The highest BCUT2D eigenvalue weighted by molar-refractivity contribution is 6.08. The van der Waals surface area contributed by atoms with Crippen LogP contribution in [0.1, 0.15) is 5.56 Å². The third-order valence-electron chi connectivity index (χ3n) is 6.30. The van der Waals surface area contributed by atoms with E-state index >= 15 is 0 Å². The number of carbonyl (C=O) groups is 1. The van der Waals surface area contributed by atoms with E-state index in [9.17, 15) is 4.79 Å². The zero-order valence-corrected chi connectivity index (χ0v) is 18.0. The Morgan fingerprint density at radius 1 is 0.935 bits per heavy atom. The summed E-state index contributed by atoms with van der Waals surface area (Å²) in [6.45, 7) is 3.94. The molecule has 31 heavy (non-hydrogen) atoms. The number of nitrogens with zero attached hydrogens (tertiary/aromatic N) is 4. The zero-order chi connectivity index (χ0) is 21.4. The highest BCUT2D eigenvalue weighted by Gasteiger charge is 2.18. The van der Waals surface area contributed by atoms with Crippen molar-refractivity contribution in [2.45, 2.75) is 6.54 Å². The lowest BCUT2D eigenvalue weighted by Crippen LogP contribution is -2.50. The molecule has 1 saturated heterocycles. The van der Waals surface area contributed by atoms with Crippen LogP contribution in [0.5, 0.6) is 0 Å². The lowest BCUT2D eigenvalue weighted by atomic mass is 10.0. The van der Waals surface area contributed by atoms with Gasteiger partial charge in [0.05, 0.1) is 11.7 Å². The van der Waals surface area contributed by atoms with Crippen molar-refractivity contribution in [1.29, 1.82) is 0 Å². The number of benzene rings is 2. The summed E-state index contributed by atoms with van der Waals surface area (Å²) in [6, 6.07) is 17.1. The van der Waals surface area contributed by atoms with Gasteiger partial charge in [-0.2, -0.15) is 0 Å². The molecule has 0 bridgehead atoms. The predicted octanol–water partition coefficient (Wildman–Crippen LogP) is 3.85. The van der Waals surface area contributed by atoms with E-state index in [1.807, 2.05) is 17.3 Å². The first-order valence-electron chi connectivity index (χ1n) is 10.7. The molecule has 6 heteroatoms. The molecular formula is C25H27N5O. The average Bonchev–Trinajstić information content (AvgIpc) is 3.10. The van der Waals surface area contributed by atoms with E-state index in [4.69, 9.17) is 0 Å². The van der Waals surface area contributed by atoms with E-state index in [0.717, 1.165) is 42.8 Å². The molecule has 2 aromatic carbocycles. The first-order valence-corrected chi connectivity index (χ1v) is 10.7. The Morgan fingerprint density at radius 3 is 2.58 bits per heavy atom. The van der Waals surface area contributed by atoms with Crippen molar-refractivity contribution in [2.75, 3.05) is 33.2 Å². The number of urea groups is 1. The lowest BCUT2D eigenvalue weighted by molar-refractivity contribution is 0.154. The van der Waals surface area contributed by atoms with Crippen LogP contribution in [0.15, 0.2) is 60.9 Å². The Morgan fingerprint density at radius 2 is 1.74 bits per heavy atom. The molecule has 2 aromatic heterocycles. The minimum atomic E-state index is 0.0179. The fourth-order valence-corrected chi connectivity index (χ4v) is 4.39. The molecule has 3 heterocycles. The van der Waals surface area contributed by atoms with Crippen molar-refractivity contribution in [3.8, 4) is 11.1 Å². The number of fused-ring (bicyclic) bond motifs is 3. The number of rotatable bonds is 3. The number of amides is 2. The van der Waals surface area contributed by atoms with Gasteiger partial charge < -0.3 is 19.7 Å². The van der Waals surface area contributed by atoms with E-state index in [-0.39, 0.29) is 6.03 Å². The predicted molar refractivity (Wildman–Crippen MR) is 125 cm³/mol. The molecule has 0 saturated carbocycles. The summed E-state index contributed by atoms with van der Waals surface area (Å²) in [5, 5.41) is 5.52. The van der Waals surface area contributed by atoms with Crippen molar-refractivity contribution in [3.63, 3.8) is 0 Å². The van der Waals surface area contributed by atoms with Gasteiger partial charge in [-0.25, -0.2) is 4.79 Å². The number of aryl methyl sites for hydroxylation is 1. The maximum atomic E-state index is 12.5. The molecule has 1 aliphatic rings. The van der Waals surface area contributed by atoms with Gasteiger partial charge in [0.1, 0.15) is 0 Å². The Hall–Kier alpha value is -3.38. The number of aromatic nitrogens is 2. The third kappa shape index (κ3) is 3.75. The maximum absolute atomic E-state index is 12.5. The second-order valence-corrected chi connectivity index (χ2v) is 8.33. The van der Waals surface area contributed by atoms with Gasteiger partial charge in [0.15, 0.2) is 0 Å². The van der Waals surface area contributed by atoms with E-state index in [1.165, 1.54) is 21.9 Å². The zero-order valence-electron chi connectivity index (χ0n) is 18.0. The Labute approximate surface area is 182 Å². The highest BCUT2D eigenvalue weighted by Crippen LogP contribution is 2.31. The summed E-state index contributed by atoms with van der Waals surface area (Å²) in [6.07, 6.45) is 3.76. The summed E-state index contributed by atoms with van der Waals surface area (Å²) in [5.41, 5.74) is 5.75. The first kappa shape index (κ1) is 19.6. The summed E-state index contributed by atoms with van der Waals surface area (Å²) >= 11 is 0. The number of carbonyl (C=O) groups excluding carboxylic acids is 1. The highest BCUT2D eigenvalue weighted by atomic mass is 16.2. The van der Waals surface area contributed by atoms with Gasteiger partial charge in [-0.3, -0.25) is 4.98 Å². The van der Waals surface area contributed by atoms with Crippen molar-refractivity contribution < 1.29 is 4.79 Å². The SMILES string of the molecule is CN1CCN(C(=O)NCc2cccc(-c3ccc4c(c3)c3ccncc3n4C)c2)CC1. The van der Waals surface area contributed by atoms with Crippen molar-refractivity contribution >= 4 is 27.8 Å². The minimum Gasteiger partial charge on any atom is -0.342 e. The topological polar surface area (TPSA) is 53.4 Å². The molecule has 0 spiro atoms. The molecule has 0 radical (unpaired) electrons.